The Labute approximate surface area is 357 Å². The lowest BCUT2D eigenvalue weighted by Crippen LogP contribution is -2.59. The Morgan fingerprint density at radius 1 is 1.03 bits per heavy atom. The van der Waals surface area contributed by atoms with Crippen molar-refractivity contribution in [3.63, 3.8) is 0 Å². The number of halogens is 3. The van der Waals surface area contributed by atoms with Crippen molar-refractivity contribution in [1.82, 2.24) is 30.2 Å². The van der Waals surface area contributed by atoms with Crippen molar-refractivity contribution in [3.05, 3.63) is 66.7 Å². The summed E-state index contributed by atoms with van der Waals surface area (Å²) in [6.45, 7) is 3.63. The molecule has 20 heteroatoms. The minimum absolute atomic E-state index is 0.0391. The lowest BCUT2D eigenvalue weighted by atomic mass is 9.83. The summed E-state index contributed by atoms with van der Waals surface area (Å²) < 4.78 is 81.0. The molecular weight excluding hydrogens is 852 g/mol. The van der Waals surface area contributed by atoms with Gasteiger partial charge in [0.2, 0.25) is 27.4 Å². The molecule has 3 saturated carbocycles. The summed E-state index contributed by atoms with van der Waals surface area (Å²) in [6, 6.07) is 9.24. The first-order chi connectivity index (χ1) is 29.6. The molecule has 5 atom stereocenters. The number of thioether (sulfide) groups is 1. The predicted octanol–water partition coefficient (Wildman–Crippen LogP) is 5.25. The number of rotatable bonds is 12. The van der Waals surface area contributed by atoms with E-state index < -0.39 is 74.4 Å². The minimum Gasteiger partial charge on any atom is -0.470 e. The molecule has 2 aromatic heterocycles. The summed E-state index contributed by atoms with van der Waals surface area (Å²) in [7, 11) is -3.97. The number of aliphatic imine (C=N–C) groups is 1. The van der Waals surface area contributed by atoms with E-state index in [1.54, 1.807) is 24.3 Å². The first-order valence-electron chi connectivity index (χ1n) is 20.5. The SMILES string of the molecule is C=C[C@@H]1C[C@]1(NC(=O)[C@@H]1C[C@@H](Oc2nc(-c3ccc(C(F)(F)F)cc3)nc3c2oc2ccccc23)CN1C(=O)[C@@H](NC1=NC(=O)CS1)C1CCCCC1)C(=O)NS(=O)(=O)C1CC1. The van der Waals surface area contributed by atoms with Crippen LogP contribution in [0.25, 0.3) is 33.5 Å². The number of carbonyl (C=O) groups is 4. The van der Waals surface area contributed by atoms with Crippen LogP contribution in [-0.2, 0) is 35.4 Å². The van der Waals surface area contributed by atoms with E-state index in [1.807, 2.05) is 0 Å². The van der Waals surface area contributed by atoms with Gasteiger partial charge in [-0.15, -0.1) is 6.58 Å². The molecule has 3 aliphatic carbocycles. The van der Waals surface area contributed by atoms with Gasteiger partial charge >= 0.3 is 6.18 Å². The van der Waals surface area contributed by atoms with Crippen molar-refractivity contribution in [2.75, 3.05) is 12.3 Å². The van der Waals surface area contributed by atoms with Gasteiger partial charge in [-0.2, -0.15) is 23.1 Å². The maximum atomic E-state index is 15.0. The second-order valence-electron chi connectivity index (χ2n) is 16.5. The van der Waals surface area contributed by atoms with Crippen LogP contribution in [0.4, 0.5) is 13.2 Å². The van der Waals surface area contributed by atoms with E-state index in [-0.39, 0.29) is 59.8 Å². The monoisotopic (exact) mass is 893 g/mol. The average molecular weight is 894 g/mol. The summed E-state index contributed by atoms with van der Waals surface area (Å²) in [5.74, 6) is -3.09. The molecule has 4 aromatic rings. The largest absolute Gasteiger partial charge is 0.470 e. The fourth-order valence-electron chi connectivity index (χ4n) is 8.68. The van der Waals surface area contributed by atoms with Gasteiger partial charge in [0.25, 0.3) is 17.7 Å². The van der Waals surface area contributed by atoms with E-state index >= 15 is 0 Å². The number of ether oxygens (including phenoxy) is 1. The number of aromatic nitrogens is 2. The number of amidine groups is 1. The number of furan rings is 1. The number of hydrogen-bond donors (Lipinski definition) is 3. The second kappa shape index (κ2) is 16.0. The lowest BCUT2D eigenvalue weighted by molar-refractivity contribution is -0.142. The molecule has 326 valence electrons. The normalized spacial score (nSPS) is 24.8. The molecular formula is C42H42F3N7O8S2. The number of hydrogen-bond acceptors (Lipinski definition) is 12. The van der Waals surface area contributed by atoms with Crippen LogP contribution in [0.1, 0.15) is 63.4 Å². The Morgan fingerprint density at radius 2 is 1.77 bits per heavy atom. The highest BCUT2D eigenvalue weighted by Crippen LogP contribution is 2.46. The van der Waals surface area contributed by atoms with E-state index in [9.17, 15) is 40.8 Å². The summed E-state index contributed by atoms with van der Waals surface area (Å²) >= 11 is 1.18. The van der Waals surface area contributed by atoms with Gasteiger partial charge in [0.1, 0.15) is 34.8 Å². The van der Waals surface area contributed by atoms with Crippen LogP contribution in [0.2, 0.25) is 0 Å². The third kappa shape index (κ3) is 8.13. The highest BCUT2D eigenvalue weighted by Gasteiger charge is 2.62. The van der Waals surface area contributed by atoms with Gasteiger partial charge in [0.05, 0.1) is 23.1 Å². The van der Waals surface area contributed by atoms with E-state index in [0.717, 1.165) is 31.4 Å². The molecule has 4 amide bonds. The Balaban J connectivity index is 1.07. The zero-order valence-electron chi connectivity index (χ0n) is 33.2. The first kappa shape index (κ1) is 41.8. The third-order valence-electron chi connectivity index (χ3n) is 12.3. The minimum atomic E-state index is -4.57. The van der Waals surface area contributed by atoms with Crippen LogP contribution in [0.15, 0.2) is 70.6 Å². The molecule has 0 bridgehead atoms. The molecule has 15 nitrogen and oxygen atoms in total. The van der Waals surface area contributed by atoms with E-state index in [0.29, 0.717) is 47.3 Å². The average Bonchev–Trinajstić information content (AvgIpc) is 4.11. The van der Waals surface area contributed by atoms with Crippen LogP contribution in [0.5, 0.6) is 5.88 Å². The number of nitrogens with zero attached hydrogens (tertiary/aromatic N) is 4. The summed E-state index contributed by atoms with van der Waals surface area (Å²) in [5, 5.41) is 6.21. The van der Waals surface area contributed by atoms with Crippen LogP contribution >= 0.6 is 11.8 Å². The zero-order chi connectivity index (χ0) is 43.6. The fraction of sp³-hybridized carbons (Fsp3) is 0.452. The lowest BCUT2D eigenvalue weighted by Gasteiger charge is -2.35. The quantitative estimate of drug-likeness (QED) is 0.156. The van der Waals surface area contributed by atoms with Gasteiger partial charge < -0.3 is 24.7 Å². The van der Waals surface area contributed by atoms with Gasteiger partial charge in [-0.3, -0.25) is 23.9 Å². The van der Waals surface area contributed by atoms with Gasteiger partial charge in [-0.25, -0.2) is 13.4 Å². The maximum absolute atomic E-state index is 15.0. The Hall–Kier alpha value is -5.50. The van der Waals surface area contributed by atoms with Crippen molar-refractivity contribution >= 4 is 72.7 Å². The van der Waals surface area contributed by atoms with Gasteiger partial charge in [0, 0.05) is 23.3 Å². The standard InChI is InChI=1S/C42H42F3N7O8S2/c1-2-24-19-41(24,39(56)51-62(57,58)27-16-17-27)50-36(54)29-18-26(20-52(29)38(55)32(22-8-4-3-5-9-22)48-40-46-31(53)21-61-40)59-37-34-33(28-10-6-7-11-30(28)60-34)47-35(49-37)23-12-14-25(15-13-23)42(43,44)45/h2,6-7,10-15,22,24,26-27,29,32H,1,3-5,8-9,16-21H2,(H,50,54)(H,51,56)(H,46,48,53)/t24-,26-,29+,32+,41-/m1/s1. The van der Waals surface area contributed by atoms with Crippen LogP contribution in [-0.4, -0.2) is 93.4 Å². The number of carbonyl (C=O) groups excluding carboxylic acids is 4. The summed E-state index contributed by atoms with van der Waals surface area (Å²) in [6.07, 6.45) is 0.937. The zero-order valence-corrected chi connectivity index (χ0v) is 34.8. The van der Waals surface area contributed by atoms with Gasteiger partial charge in [-0.05, 0) is 62.3 Å². The second-order valence-corrected chi connectivity index (χ2v) is 19.4. The molecule has 62 heavy (non-hydrogen) atoms. The number of benzene rings is 2. The van der Waals surface area contributed by atoms with E-state index in [2.05, 4.69) is 36.9 Å². The number of para-hydroxylation sites is 1. The summed E-state index contributed by atoms with van der Waals surface area (Å²) in [5.41, 5.74) is -1.33. The Bertz CT molecular complexity index is 2630. The number of fused-ring (bicyclic) bond motifs is 3. The van der Waals surface area contributed by atoms with E-state index in [4.69, 9.17) is 9.15 Å². The number of sulfonamides is 1. The van der Waals surface area contributed by atoms with Crippen molar-refractivity contribution in [3.8, 4) is 17.3 Å². The van der Waals surface area contributed by atoms with Crippen molar-refractivity contribution < 1.29 is 49.9 Å². The fourth-order valence-corrected chi connectivity index (χ4v) is 10.7. The van der Waals surface area contributed by atoms with Gasteiger partial charge in [-0.1, -0.05) is 61.4 Å². The first-order valence-corrected chi connectivity index (χ1v) is 23.0. The molecule has 2 aromatic carbocycles. The third-order valence-corrected chi connectivity index (χ3v) is 15.0. The number of alkyl halides is 3. The number of likely N-dealkylation sites (tertiary alicyclic amines) is 1. The van der Waals surface area contributed by atoms with Crippen LogP contribution in [0.3, 0.4) is 0 Å². The van der Waals surface area contributed by atoms with Crippen molar-refractivity contribution in [2.45, 2.75) is 92.9 Å². The molecule has 1 saturated heterocycles. The van der Waals surface area contributed by atoms with Crippen LogP contribution < -0.4 is 20.1 Å². The molecule has 4 fully saturated rings. The Morgan fingerprint density at radius 3 is 2.44 bits per heavy atom. The highest BCUT2D eigenvalue weighted by molar-refractivity contribution is 8.14. The molecule has 3 N–H and O–H groups in total. The molecule has 9 rings (SSSR count). The smallest absolute Gasteiger partial charge is 0.416 e. The predicted molar refractivity (Wildman–Crippen MR) is 222 cm³/mol. The van der Waals surface area contributed by atoms with Gasteiger partial charge in [0.15, 0.2) is 11.0 Å². The number of amides is 4. The number of nitrogens with one attached hydrogen (secondary N) is 3. The topological polar surface area (TPSA) is 202 Å². The van der Waals surface area contributed by atoms with Crippen molar-refractivity contribution in [2.24, 2.45) is 16.8 Å². The highest BCUT2D eigenvalue weighted by atomic mass is 32.2. The molecule has 0 unspecified atom stereocenters. The molecule has 4 heterocycles. The summed E-state index contributed by atoms with van der Waals surface area (Å²) in [4.78, 5) is 70.1. The molecule has 0 spiro atoms. The Kier molecular flexibility index (Phi) is 10.8. The van der Waals surface area contributed by atoms with E-state index in [1.165, 1.54) is 34.9 Å². The van der Waals surface area contributed by atoms with Crippen molar-refractivity contribution in [1.29, 1.82) is 0 Å². The molecule has 0 radical (unpaired) electrons. The molecule has 2 aliphatic heterocycles. The maximum Gasteiger partial charge on any atom is 0.416 e. The molecule has 5 aliphatic rings. The van der Waals surface area contributed by atoms with Crippen LogP contribution in [0, 0.1) is 11.8 Å².